The summed E-state index contributed by atoms with van der Waals surface area (Å²) in [5.74, 6) is -0.126. The summed E-state index contributed by atoms with van der Waals surface area (Å²) in [7, 11) is 1.37. The molecule has 144 valence electrons. The highest BCUT2D eigenvalue weighted by Crippen LogP contribution is 2.34. The number of esters is 1. The van der Waals surface area contributed by atoms with Crippen LogP contribution in [0.1, 0.15) is 34.6 Å². The fourth-order valence-electron chi connectivity index (χ4n) is 3.29. The van der Waals surface area contributed by atoms with E-state index in [4.69, 9.17) is 4.74 Å². The number of hydrogen-bond acceptors (Lipinski definition) is 5. The van der Waals surface area contributed by atoms with E-state index in [1.807, 2.05) is 31.4 Å². The number of anilines is 1. The maximum atomic E-state index is 11.9. The van der Waals surface area contributed by atoms with Gasteiger partial charge < -0.3 is 14.6 Å². The lowest BCUT2D eigenvalue weighted by Crippen LogP contribution is -2.12. The molecular weight excluding hydrogens is 374 g/mol. The number of hydrogen-bond donors (Lipinski definition) is 1. The average Bonchev–Trinajstić information content (AvgIpc) is 3.39. The smallest absolute Gasteiger partial charge is 0.337 e. The molecule has 1 fully saturated rings. The number of thiazole rings is 1. The molecule has 0 radical (unpaired) electrons. The summed E-state index contributed by atoms with van der Waals surface area (Å²) in [6.45, 7) is 4.07. The lowest BCUT2D eigenvalue weighted by molar-refractivity contribution is -0.117. The Bertz CT molecular complexity index is 1050. The van der Waals surface area contributed by atoms with Gasteiger partial charge in [0.05, 0.1) is 18.4 Å². The van der Waals surface area contributed by atoms with Gasteiger partial charge in [-0.25, -0.2) is 9.78 Å². The van der Waals surface area contributed by atoms with Crippen LogP contribution in [0.2, 0.25) is 0 Å². The molecule has 1 N–H and O–H groups in total. The zero-order valence-electron chi connectivity index (χ0n) is 16.0. The van der Waals surface area contributed by atoms with Crippen molar-refractivity contribution in [2.75, 3.05) is 12.4 Å². The van der Waals surface area contributed by atoms with Crippen LogP contribution in [0.5, 0.6) is 0 Å². The summed E-state index contributed by atoms with van der Waals surface area (Å²) in [6, 6.07) is 9.41. The second kappa shape index (κ2) is 7.24. The van der Waals surface area contributed by atoms with E-state index in [1.54, 1.807) is 12.1 Å². The van der Waals surface area contributed by atoms with Gasteiger partial charge in [0, 0.05) is 33.9 Å². The first-order valence-corrected chi connectivity index (χ1v) is 10.0. The van der Waals surface area contributed by atoms with Crippen molar-refractivity contribution in [1.82, 2.24) is 9.55 Å². The number of carbonyl (C=O) groups is 2. The molecule has 0 spiro atoms. The Morgan fingerprint density at radius 1 is 1.21 bits per heavy atom. The highest BCUT2D eigenvalue weighted by Gasteiger charge is 2.30. The minimum atomic E-state index is -0.351. The molecule has 6 nitrogen and oxygen atoms in total. The molecule has 4 rings (SSSR count). The second-order valence-electron chi connectivity index (χ2n) is 6.96. The molecule has 0 atom stereocenters. The molecule has 0 bridgehead atoms. The number of aryl methyl sites for hydroxylation is 1. The number of carbonyl (C=O) groups excluding carboxylic acids is 2. The Morgan fingerprint density at radius 2 is 1.93 bits per heavy atom. The van der Waals surface area contributed by atoms with Gasteiger partial charge in [-0.15, -0.1) is 11.3 Å². The summed E-state index contributed by atoms with van der Waals surface area (Å²) >= 11 is 1.44. The third-order valence-corrected chi connectivity index (χ3v) is 5.69. The predicted molar refractivity (Wildman–Crippen MR) is 109 cm³/mol. The monoisotopic (exact) mass is 395 g/mol. The fraction of sp³-hybridized carbons (Fsp3) is 0.286. The SMILES string of the molecule is COC(=O)c1ccc(-n2c(C)cc(-c3csc(NC(=O)C4CC4)n3)c2C)cc1. The van der Waals surface area contributed by atoms with Crippen LogP contribution >= 0.6 is 11.3 Å². The Hall–Kier alpha value is -2.93. The van der Waals surface area contributed by atoms with Crippen LogP contribution in [0, 0.1) is 19.8 Å². The number of methoxy groups -OCH3 is 1. The molecule has 1 aliphatic carbocycles. The summed E-state index contributed by atoms with van der Waals surface area (Å²) < 4.78 is 6.88. The van der Waals surface area contributed by atoms with Gasteiger partial charge >= 0.3 is 5.97 Å². The highest BCUT2D eigenvalue weighted by molar-refractivity contribution is 7.14. The van der Waals surface area contributed by atoms with Crippen molar-refractivity contribution in [3.05, 3.63) is 52.7 Å². The van der Waals surface area contributed by atoms with Crippen LogP contribution in [0.15, 0.2) is 35.7 Å². The normalized spacial score (nSPS) is 13.4. The maximum Gasteiger partial charge on any atom is 0.337 e. The molecule has 2 heterocycles. The summed E-state index contributed by atoms with van der Waals surface area (Å²) in [4.78, 5) is 28.2. The quantitative estimate of drug-likeness (QED) is 0.652. The van der Waals surface area contributed by atoms with Gasteiger partial charge in [-0.1, -0.05) is 0 Å². The van der Waals surface area contributed by atoms with Crippen LogP contribution in [0.25, 0.3) is 16.9 Å². The molecule has 28 heavy (non-hydrogen) atoms. The van der Waals surface area contributed by atoms with Gasteiger partial charge in [0.15, 0.2) is 5.13 Å². The number of nitrogens with one attached hydrogen (secondary N) is 1. The molecule has 0 unspecified atom stereocenters. The summed E-state index contributed by atoms with van der Waals surface area (Å²) in [5, 5.41) is 5.51. The number of nitrogens with zero attached hydrogens (tertiary/aromatic N) is 2. The number of benzene rings is 1. The topological polar surface area (TPSA) is 73.2 Å². The molecular formula is C21H21N3O3S. The van der Waals surface area contributed by atoms with Crippen molar-refractivity contribution in [2.24, 2.45) is 5.92 Å². The molecule has 0 aliphatic heterocycles. The molecule has 3 aromatic rings. The largest absolute Gasteiger partial charge is 0.465 e. The molecule has 1 aliphatic rings. The van der Waals surface area contributed by atoms with Crippen LogP contribution < -0.4 is 5.32 Å². The Labute approximate surface area is 167 Å². The van der Waals surface area contributed by atoms with Gasteiger partial charge in [-0.2, -0.15) is 0 Å². The van der Waals surface area contributed by atoms with E-state index in [2.05, 4.69) is 20.9 Å². The first-order chi connectivity index (χ1) is 13.5. The van der Waals surface area contributed by atoms with Gasteiger partial charge in [-0.3, -0.25) is 4.79 Å². The van der Waals surface area contributed by atoms with E-state index in [0.29, 0.717) is 10.7 Å². The van der Waals surface area contributed by atoms with Crippen LogP contribution in [0.4, 0.5) is 5.13 Å². The first kappa shape index (κ1) is 18.4. The lowest BCUT2D eigenvalue weighted by atomic mass is 10.2. The van der Waals surface area contributed by atoms with Crippen LogP contribution in [-0.4, -0.2) is 28.5 Å². The first-order valence-electron chi connectivity index (χ1n) is 9.12. The van der Waals surface area contributed by atoms with Crippen molar-refractivity contribution >= 4 is 28.3 Å². The zero-order chi connectivity index (χ0) is 19.8. The molecule has 1 aromatic carbocycles. The van der Waals surface area contributed by atoms with E-state index < -0.39 is 0 Å². The van der Waals surface area contributed by atoms with E-state index in [0.717, 1.165) is 41.2 Å². The summed E-state index contributed by atoms with van der Waals surface area (Å²) in [6.07, 6.45) is 1.94. The molecule has 1 saturated carbocycles. The molecule has 1 amide bonds. The fourth-order valence-corrected chi connectivity index (χ4v) is 4.01. The van der Waals surface area contributed by atoms with Crippen molar-refractivity contribution in [2.45, 2.75) is 26.7 Å². The van der Waals surface area contributed by atoms with Crippen molar-refractivity contribution in [3.8, 4) is 16.9 Å². The summed E-state index contributed by atoms with van der Waals surface area (Å²) in [5.41, 5.74) is 5.47. The van der Waals surface area contributed by atoms with E-state index in [-0.39, 0.29) is 17.8 Å². The van der Waals surface area contributed by atoms with Crippen LogP contribution in [-0.2, 0) is 9.53 Å². The Morgan fingerprint density at radius 3 is 2.57 bits per heavy atom. The van der Waals surface area contributed by atoms with Crippen molar-refractivity contribution in [1.29, 1.82) is 0 Å². The van der Waals surface area contributed by atoms with Gasteiger partial charge in [0.2, 0.25) is 5.91 Å². The van der Waals surface area contributed by atoms with Crippen molar-refractivity contribution < 1.29 is 14.3 Å². The standard InChI is InChI=1S/C21H21N3O3S/c1-12-10-17(18-11-28-21(22-18)23-19(25)14-4-5-14)13(2)24(12)16-8-6-15(7-9-16)20(26)27-3/h6-11,14H,4-5H2,1-3H3,(H,22,23,25). The van der Waals surface area contributed by atoms with Gasteiger partial charge in [0.1, 0.15) is 0 Å². The van der Waals surface area contributed by atoms with Gasteiger partial charge in [-0.05, 0) is 57.0 Å². The average molecular weight is 395 g/mol. The number of ether oxygens (including phenoxy) is 1. The lowest BCUT2D eigenvalue weighted by Gasteiger charge is -2.10. The Balaban J connectivity index is 1.61. The minimum absolute atomic E-state index is 0.0667. The second-order valence-corrected chi connectivity index (χ2v) is 7.82. The maximum absolute atomic E-state index is 11.9. The predicted octanol–water partition coefficient (Wildman–Crippen LogP) is 4.35. The van der Waals surface area contributed by atoms with E-state index >= 15 is 0 Å². The molecule has 2 aromatic heterocycles. The third-order valence-electron chi connectivity index (χ3n) is 4.94. The van der Waals surface area contributed by atoms with Crippen molar-refractivity contribution in [3.63, 3.8) is 0 Å². The Kier molecular flexibility index (Phi) is 4.77. The number of rotatable bonds is 5. The highest BCUT2D eigenvalue weighted by atomic mass is 32.1. The third kappa shape index (κ3) is 3.45. The number of amides is 1. The van der Waals surface area contributed by atoms with E-state index in [9.17, 15) is 9.59 Å². The minimum Gasteiger partial charge on any atom is -0.465 e. The number of aromatic nitrogens is 2. The molecule has 7 heteroatoms. The zero-order valence-corrected chi connectivity index (χ0v) is 16.8. The molecule has 0 saturated heterocycles. The van der Waals surface area contributed by atoms with E-state index in [1.165, 1.54) is 18.4 Å². The van der Waals surface area contributed by atoms with Crippen LogP contribution in [0.3, 0.4) is 0 Å². The van der Waals surface area contributed by atoms with Gasteiger partial charge in [0.25, 0.3) is 0 Å².